The van der Waals surface area contributed by atoms with Crippen LogP contribution >= 0.6 is 36.0 Å². The van der Waals surface area contributed by atoms with Gasteiger partial charge in [-0.1, -0.05) is 60.4 Å². The molecule has 0 radical (unpaired) electrons. The SMILES string of the molecule is [2H]C([2H])([2H])C(C)(C)S(=O)(=O)CC1(N=C=O)CCC([2H])([2H])C([2H])([2H])C1([2H])[2H].[2H]C([2H])([2H])C(C)(S)C([2H])([2H])[2H].[2H]C([2H])([2H])C(C)(SCCl)C([2H])([2H])[2H]. The average Bonchev–Trinajstić information content (AvgIpc) is 2.83. The van der Waals surface area contributed by atoms with E-state index in [2.05, 4.69) is 17.6 Å². The zero-order valence-corrected chi connectivity index (χ0v) is 19.9. The van der Waals surface area contributed by atoms with Crippen molar-refractivity contribution in [1.29, 1.82) is 0 Å². The molecule has 0 amide bonds. The summed E-state index contributed by atoms with van der Waals surface area (Å²) in [5.41, 5.74) is -2.49. The van der Waals surface area contributed by atoms with Crippen molar-refractivity contribution in [1.82, 2.24) is 0 Å². The van der Waals surface area contributed by atoms with Crippen LogP contribution in [0.3, 0.4) is 0 Å². The second-order valence-electron chi connectivity index (χ2n) is 6.79. The van der Waals surface area contributed by atoms with Crippen LogP contribution in [0.2, 0.25) is 0 Å². The molecule has 8 heteroatoms. The predicted octanol–water partition coefficient (Wildman–Crippen LogP) is 6.67. The number of thioether (sulfide) groups is 1. The number of nitrogens with zero attached hydrogens (tertiary/aromatic N) is 1. The fourth-order valence-electron chi connectivity index (χ4n) is 1.47. The lowest BCUT2D eigenvalue weighted by molar-refractivity contribution is 0.323. The van der Waals surface area contributed by atoms with Crippen LogP contribution in [0, 0.1) is 0 Å². The van der Waals surface area contributed by atoms with E-state index in [4.69, 9.17) is 40.4 Å². The van der Waals surface area contributed by atoms with Crippen LogP contribution in [0.15, 0.2) is 4.99 Å². The molecule has 1 saturated carbocycles. The molecule has 4 nitrogen and oxygen atoms in total. The van der Waals surface area contributed by atoms with Gasteiger partial charge >= 0.3 is 0 Å². The van der Waals surface area contributed by atoms with Gasteiger partial charge in [-0.25, -0.2) is 13.2 Å². The summed E-state index contributed by atoms with van der Waals surface area (Å²) in [6.45, 7) is -9.04. The van der Waals surface area contributed by atoms with Crippen LogP contribution in [0.1, 0.15) is 123 Å². The number of alkyl halides is 1. The van der Waals surface area contributed by atoms with Crippen LogP contribution in [0.25, 0.3) is 0 Å². The van der Waals surface area contributed by atoms with Gasteiger partial charge in [-0.05, 0) is 33.5 Å². The number of sulfone groups is 1. The molecule has 1 aliphatic carbocycles. The van der Waals surface area contributed by atoms with Crippen LogP contribution < -0.4 is 0 Å². The Hall–Kier alpha value is 0.320. The lowest BCUT2D eigenvalue weighted by Crippen LogP contribution is -2.43. The van der Waals surface area contributed by atoms with E-state index >= 15 is 0 Å². The standard InChI is InChI=1S/C12H21NO3S.C5H11ClS.C4H10S/c1-11(2,3)17(15,16)9-12(13-10-14)7-5-4-6-8-12;1-5(2,3)7-4-6;1-4(2,3)5/h4-9H2,1-3H3;4H2,1-3H3;5H,1-3H3/i1D3,4D2,5D2,7D2;2*1D3,2D3. The van der Waals surface area contributed by atoms with Gasteiger partial charge in [0.05, 0.1) is 21.3 Å². The zero-order chi connectivity index (χ0) is 41.4. The van der Waals surface area contributed by atoms with Gasteiger partial charge in [-0.15, -0.1) is 23.4 Å². The first kappa shape index (κ1) is 10.1. The topological polar surface area (TPSA) is 63.6 Å². The lowest BCUT2D eigenvalue weighted by atomic mass is 9.84. The highest BCUT2D eigenvalue weighted by molar-refractivity contribution is 8.01. The van der Waals surface area contributed by atoms with Gasteiger partial charge in [0.1, 0.15) is 0 Å². The van der Waals surface area contributed by atoms with E-state index in [0.29, 0.717) is 0 Å². The summed E-state index contributed by atoms with van der Waals surface area (Å²) in [7, 11) is -4.62. The highest BCUT2D eigenvalue weighted by Crippen LogP contribution is 2.35. The maximum atomic E-state index is 12.8. The van der Waals surface area contributed by atoms with Crippen LogP contribution in [-0.4, -0.2) is 45.2 Å². The molecular formula is C21H42ClNO3S3. The molecular weight excluding hydrogens is 446 g/mol. The minimum atomic E-state index is -4.62. The number of hydrogen-bond donors (Lipinski definition) is 1. The molecule has 1 aliphatic rings. The van der Waals surface area contributed by atoms with Gasteiger partial charge in [-0.2, -0.15) is 17.6 Å². The summed E-state index contributed by atoms with van der Waals surface area (Å²) in [4.78, 5) is 14.2. The summed E-state index contributed by atoms with van der Waals surface area (Å²) in [6.07, 6.45) is -9.18. The maximum absolute atomic E-state index is 12.8. The molecule has 0 saturated heterocycles. The fourth-order valence-corrected chi connectivity index (χ4v) is 3.61. The Morgan fingerprint density at radius 3 is 2.21 bits per heavy atom. The summed E-state index contributed by atoms with van der Waals surface area (Å²) in [5.74, 6) is -1.26. The minimum absolute atomic E-state index is 0.0483. The van der Waals surface area contributed by atoms with Gasteiger partial charge in [0.25, 0.3) is 0 Å². The third-order valence-corrected chi connectivity index (χ3v) is 6.28. The molecule has 1 fully saturated rings. The molecule has 0 aromatic heterocycles. The maximum Gasteiger partial charge on any atom is 0.235 e. The van der Waals surface area contributed by atoms with E-state index in [1.807, 2.05) is 0 Å². The van der Waals surface area contributed by atoms with E-state index < -0.39 is 102 Å². The highest BCUT2D eigenvalue weighted by atomic mass is 35.5. The van der Waals surface area contributed by atoms with E-state index in [1.165, 1.54) is 6.92 Å². The number of aliphatic imine (C=N–C) groups is 1. The Bertz CT molecular complexity index is 1280. The van der Waals surface area contributed by atoms with Crippen molar-refractivity contribution >= 4 is 51.9 Å². The van der Waals surface area contributed by atoms with E-state index in [9.17, 15) is 13.2 Å². The van der Waals surface area contributed by atoms with Crippen molar-refractivity contribution < 1.29 is 42.0 Å². The molecule has 0 aliphatic heterocycles. The number of halogens is 1. The largest absolute Gasteiger partial charge is 0.235 e. The normalized spacial score (nSPS) is 38.5. The Labute approximate surface area is 224 Å². The Balaban J connectivity index is 0. The number of carbonyl (C=O) groups excluding carboxylic acids is 1. The Morgan fingerprint density at radius 2 is 1.83 bits per heavy atom. The number of rotatable bonds is 4. The Morgan fingerprint density at radius 1 is 1.21 bits per heavy atom. The van der Waals surface area contributed by atoms with Crippen molar-refractivity contribution in [2.24, 2.45) is 4.99 Å². The average molecular weight is 509 g/mol. The van der Waals surface area contributed by atoms with Crippen LogP contribution in [0.4, 0.5) is 0 Å². The van der Waals surface area contributed by atoms with E-state index in [1.54, 1.807) is 0 Å². The highest BCUT2D eigenvalue weighted by Gasteiger charge is 2.41. The molecule has 1 atom stereocenters. The smallest absolute Gasteiger partial charge is 0.228 e. The molecule has 0 bridgehead atoms. The fraction of sp³-hybridized carbons (Fsp3) is 0.952. The molecule has 0 aromatic rings. The van der Waals surface area contributed by atoms with Gasteiger partial charge in [0.15, 0.2) is 9.84 Å². The monoisotopic (exact) mass is 508 g/mol. The van der Waals surface area contributed by atoms with Crippen molar-refractivity contribution in [2.75, 3.05) is 11.0 Å². The summed E-state index contributed by atoms with van der Waals surface area (Å²) in [5, 5.41) is -0.0483. The van der Waals surface area contributed by atoms with Crippen molar-refractivity contribution in [3.8, 4) is 0 Å². The van der Waals surface area contributed by atoms with Crippen LogP contribution in [0.5, 0.6) is 0 Å². The van der Waals surface area contributed by atoms with E-state index in [0.717, 1.165) is 38.6 Å². The molecule has 0 aromatic carbocycles. The minimum Gasteiger partial charge on any atom is -0.228 e. The molecule has 0 heterocycles. The first-order valence-electron chi connectivity index (χ1n) is 18.5. The molecule has 0 spiro atoms. The quantitative estimate of drug-likeness (QED) is 0.199. The summed E-state index contributed by atoms with van der Waals surface area (Å²) < 4.78 is 173. The third kappa shape index (κ3) is 17.7. The third-order valence-electron chi connectivity index (χ3n) is 2.86. The number of isocyanates is 1. The second kappa shape index (κ2) is 13.0. The van der Waals surface area contributed by atoms with Gasteiger partial charge in [-0.3, -0.25) is 0 Å². The van der Waals surface area contributed by atoms with Crippen LogP contribution in [-0.2, 0) is 14.6 Å². The first-order chi connectivity index (χ1) is 21.3. The molecule has 0 N–H and O–H groups in total. The zero-order valence-electron chi connectivity index (χ0n) is 37.6. The molecule has 1 rings (SSSR count). The van der Waals surface area contributed by atoms with Crippen molar-refractivity contribution in [3.63, 3.8) is 0 Å². The second-order valence-corrected chi connectivity index (χ2v) is 12.2. The number of thiol groups is 1. The van der Waals surface area contributed by atoms with Crippen molar-refractivity contribution in [3.05, 3.63) is 0 Å². The summed E-state index contributed by atoms with van der Waals surface area (Å²) >= 11 is 9.72. The predicted molar refractivity (Wildman–Crippen MR) is 134 cm³/mol. The van der Waals surface area contributed by atoms with Gasteiger partial charge in [0.2, 0.25) is 6.08 Å². The van der Waals surface area contributed by atoms with Gasteiger partial charge in [0, 0.05) is 38.3 Å². The van der Waals surface area contributed by atoms with E-state index in [-0.39, 0.29) is 5.21 Å². The first-order valence-corrected chi connectivity index (χ1v) is 11.6. The number of hydrogen-bond acceptors (Lipinski definition) is 6. The van der Waals surface area contributed by atoms with Gasteiger partial charge < -0.3 is 0 Å². The molecule has 29 heavy (non-hydrogen) atoms. The molecule has 1 unspecified atom stereocenters. The molecule has 174 valence electrons. The Kier molecular flexibility index (Phi) is 4.52. The lowest BCUT2D eigenvalue weighted by Gasteiger charge is -2.34. The summed E-state index contributed by atoms with van der Waals surface area (Å²) in [6, 6.07) is 0. The van der Waals surface area contributed by atoms with Crippen molar-refractivity contribution in [2.45, 2.75) is 114 Å².